The zero-order valence-corrected chi connectivity index (χ0v) is 14.9. The molecule has 0 aliphatic heterocycles. The molecule has 0 saturated heterocycles. The number of unbranched alkanes of at least 4 members (excludes halogenated alkanes) is 3. The zero-order valence-electron chi connectivity index (χ0n) is 13.9. The van der Waals surface area contributed by atoms with Gasteiger partial charge in [0.15, 0.2) is 8.32 Å². The van der Waals surface area contributed by atoms with Crippen molar-refractivity contribution in [1.82, 2.24) is 0 Å². The molecular weight excluding hydrogens is 236 g/mol. The Kier molecular flexibility index (Phi) is 8.45. The van der Waals surface area contributed by atoms with Gasteiger partial charge in [-0.15, -0.1) is 0 Å². The van der Waals surface area contributed by atoms with Gasteiger partial charge in [0.2, 0.25) is 0 Å². The van der Waals surface area contributed by atoms with Crippen LogP contribution in [0.25, 0.3) is 0 Å². The lowest BCUT2D eigenvalue weighted by Gasteiger charge is -2.39. The molecule has 0 aliphatic carbocycles. The first-order valence-corrected chi connectivity index (χ1v) is 10.8. The highest BCUT2D eigenvalue weighted by Crippen LogP contribution is 2.38. The van der Waals surface area contributed by atoms with Crippen molar-refractivity contribution in [2.24, 2.45) is 0 Å². The van der Waals surface area contributed by atoms with E-state index >= 15 is 0 Å². The van der Waals surface area contributed by atoms with Gasteiger partial charge in [0.05, 0.1) is 0 Å². The van der Waals surface area contributed by atoms with Gasteiger partial charge in [0.1, 0.15) is 0 Å². The van der Waals surface area contributed by atoms with E-state index in [1.807, 2.05) is 0 Å². The van der Waals surface area contributed by atoms with Gasteiger partial charge in [0.25, 0.3) is 0 Å². The summed E-state index contributed by atoms with van der Waals surface area (Å²) in [5, 5.41) is 0.336. The van der Waals surface area contributed by atoms with Crippen molar-refractivity contribution in [1.29, 1.82) is 0 Å². The fraction of sp³-hybridized carbons (Fsp3) is 1.00. The highest BCUT2D eigenvalue weighted by molar-refractivity contribution is 6.74. The van der Waals surface area contributed by atoms with Crippen LogP contribution in [0.3, 0.4) is 0 Å². The SMILES string of the molecule is CCCCCC(CCCC)O[Si](C)(C)C(C)(C)C. The van der Waals surface area contributed by atoms with Crippen LogP contribution in [0.2, 0.25) is 18.1 Å². The summed E-state index contributed by atoms with van der Waals surface area (Å²) >= 11 is 0. The Morgan fingerprint density at radius 1 is 0.889 bits per heavy atom. The third-order valence-corrected chi connectivity index (χ3v) is 8.81. The Hall–Kier alpha value is 0.177. The average Bonchev–Trinajstić information content (AvgIpc) is 2.24. The molecule has 0 heterocycles. The molecule has 0 saturated carbocycles. The third kappa shape index (κ3) is 6.94. The van der Waals surface area contributed by atoms with E-state index in [9.17, 15) is 0 Å². The second-order valence-electron chi connectivity index (χ2n) is 7.14. The molecule has 0 aromatic rings. The molecule has 0 aromatic heterocycles. The van der Waals surface area contributed by atoms with Gasteiger partial charge in [-0.25, -0.2) is 0 Å². The molecule has 0 amide bonds. The summed E-state index contributed by atoms with van der Waals surface area (Å²) in [4.78, 5) is 0. The standard InChI is InChI=1S/C16H36OSi/c1-8-10-12-14-15(13-11-9-2)17-18(6,7)16(3,4)5/h15H,8-14H2,1-7H3. The van der Waals surface area contributed by atoms with Crippen molar-refractivity contribution in [3.05, 3.63) is 0 Å². The Morgan fingerprint density at radius 2 is 1.39 bits per heavy atom. The van der Waals surface area contributed by atoms with Crippen LogP contribution >= 0.6 is 0 Å². The van der Waals surface area contributed by atoms with Crippen molar-refractivity contribution < 1.29 is 4.43 Å². The largest absolute Gasteiger partial charge is 0.414 e. The molecule has 0 fully saturated rings. The Morgan fingerprint density at radius 3 is 1.83 bits per heavy atom. The van der Waals surface area contributed by atoms with E-state index < -0.39 is 8.32 Å². The van der Waals surface area contributed by atoms with Gasteiger partial charge in [-0.1, -0.05) is 66.7 Å². The normalized spacial score (nSPS) is 14.8. The van der Waals surface area contributed by atoms with Crippen LogP contribution in [0.1, 0.15) is 79.6 Å². The van der Waals surface area contributed by atoms with Gasteiger partial charge >= 0.3 is 0 Å². The Balaban J connectivity index is 4.37. The molecule has 0 N–H and O–H groups in total. The second-order valence-corrected chi connectivity index (χ2v) is 11.9. The molecule has 0 spiro atoms. The highest BCUT2D eigenvalue weighted by atomic mass is 28.4. The van der Waals surface area contributed by atoms with Gasteiger partial charge in [-0.05, 0) is 31.0 Å². The fourth-order valence-corrected chi connectivity index (χ4v) is 3.33. The minimum atomic E-state index is -1.58. The van der Waals surface area contributed by atoms with E-state index in [0.717, 1.165) is 0 Å². The molecule has 0 aliphatic rings. The molecular formula is C16H36OSi. The van der Waals surface area contributed by atoms with Gasteiger partial charge < -0.3 is 4.43 Å². The minimum absolute atomic E-state index is 0.336. The minimum Gasteiger partial charge on any atom is -0.414 e. The highest BCUT2D eigenvalue weighted by Gasteiger charge is 2.38. The predicted octanol–water partition coefficient (Wildman–Crippen LogP) is 6.15. The van der Waals surface area contributed by atoms with E-state index in [-0.39, 0.29) is 0 Å². The van der Waals surface area contributed by atoms with Gasteiger partial charge in [0, 0.05) is 6.10 Å². The maximum absolute atomic E-state index is 6.59. The summed E-state index contributed by atoms with van der Waals surface area (Å²) < 4.78 is 6.59. The first-order chi connectivity index (χ1) is 8.24. The molecule has 1 nitrogen and oxygen atoms in total. The lowest BCUT2D eigenvalue weighted by molar-refractivity contribution is 0.155. The number of rotatable bonds is 9. The molecule has 0 rings (SSSR count). The van der Waals surface area contributed by atoms with Crippen molar-refractivity contribution >= 4 is 8.32 Å². The topological polar surface area (TPSA) is 9.23 Å². The van der Waals surface area contributed by atoms with Crippen LogP contribution in [-0.4, -0.2) is 14.4 Å². The molecule has 18 heavy (non-hydrogen) atoms. The lowest BCUT2D eigenvalue weighted by Crippen LogP contribution is -2.44. The Bertz CT molecular complexity index is 206. The van der Waals surface area contributed by atoms with E-state index in [1.165, 1.54) is 44.9 Å². The van der Waals surface area contributed by atoms with Crippen molar-refractivity contribution in [2.75, 3.05) is 0 Å². The molecule has 0 bridgehead atoms. The van der Waals surface area contributed by atoms with Crippen molar-refractivity contribution in [2.45, 2.75) is 104 Å². The Labute approximate surface area is 117 Å². The first kappa shape index (κ1) is 18.2. The molecule has 0 aromatic carbocycles. The maximum Gasteiger partial charge on any atom is 0.192 e. The van der Waals surface area contributed by atoms with E-state index in [4.69, 9.17) is 4.43 Å². The lowest BCUT2D eigenvalue weighted by atomic mass is 10.1. The quantitative estimate of drug-likeness (QED) is 0.361. The van der Waals surface area contributed by atoms with Crippen LogP contribution in [0.15, 0.2) is 0 Å². The summed E-state index contributed by atoms with van der Waals surface area (Å²) in [6.07, 6.45) is 9.62. The molecule has 1 unspecified atom stereocenters. The van der Waals surface area contributed by atoms with E-state index in [1.54, 1.807) is 0 Å². The molecule has 2 heteroatoms. The van der Waals surface area contributed by atoms with Crippen LogP contribution in [-0.2, 0) is 4.43 Å². The zero-order chi connectivity index (χ0) is 14.2. The van der Waals surface area contributed by atoms with Crippen LogP contribution in [0, 0.1) is 0 Å². The number of hydrogen-bond donors (Lipinski definition) is 0. The molecule has 0 radical (unpaired) electrons. The molecule has 1 atom stereocenters. The summed E-state index contributed by atoms with van der Waals surface area (Å²) in [5.74, 6) is 0. The maximum atomic E-state index is 6.59. The van der Waals surface area contributed by atoms with Crippen molar-refractivity contribution in [3.63, 3.8) is 0 Å². The fourth-order valence-electron chi connectivity index (χ4n) is 1.91. The third-order valence-electron chi connectivity index (χ3n) is 4.28. The monoisotopic (exact) mass is 272 g/mol. The second kappa shape index (κ2) is 8.37. The van der Waals surface area contributed by atoms with Crippen LogP contribution < -0.4 is 0 Å². The van der Waals surface area contributed by atoms with Gasteiger partial charge in [-0.2, -0.15) is 0 Å². The van der Waals surface area contributed by atoms with E-state index in [0.29, 0.717) is 11.1 Å². The van der Waals surface area contributed by atoms with Crippen LogP contribution in [0.4, 0.5) is 0 Å². The first-order valence-electron chi connectivity index (χ1n) is 7.92. The summed E-state index contributed by atoms with van der Waals surface area (Å²) in [6.45, 7) is 16.3. The van der Waals surface area contributed by atoms with Gasteiger partial charge in [-0.3, -0.25) is 0 Å². The summed E-state index contributed by atoms with van der Waals surface area (Å²) in [6, 6.07) is 0. The summed E-state index contributed by atoms with van der Waals surface area (Å²) in [5.41, 5.74) is 0. The molecule has 110 valence electrons. The predicted molar refractivity (Wildman–Crippen MR) is 85.7 cm³/mol. The average molecular weight is 273 g/mol. The smallest absolute Gasteiger partial charge is 0.192 e. The van der Waals surface area contributed by atoms with E-state index in [2.05, 4.69) is 47.7 Å². The van der Waals surface area contributed by atoms with Crippen LogP contribution in [0.5, 0.6) is 0 Å². The number of hydrogen-bond acceptors (Lipinski definition) is 1. The van der Waals surface area contributed by atoms with Crippen molar-refractivity contribution in [3.8, 4) is 0 Å². The summed E-state index contributed by atoms with van der Waals surface area (Å²) in [7, 11) is -1.58.